The summed E-state index contributed by atoms with van der Waals surface area (Å²) in [5, 5.41) is 3.99. The van der Waals surface area contributed by atoms with Crippen LogP contribution < -0.4 is 4.74 Å². The minimum absolute atomic E-state index is 0.581. The number of thiophene rings is 1. The van der Waals surface area contributed by atoms with Gasteiger partial charge in [-0.2, -0.15) is 4.98 Å². The second kappa shape index (κ2) is 1.98. The molecule has 0 fully saturated rings. The molecule has 2 aromatic heterocycles. The van der Waals surface area contributed by atoms with Crippen molar-refractivity contribution in [1.82, 2.24) is 9.97 Å². The molecule has 0 amide bonds. The fourth-order valence-electron chi connectivity index (χ4n) is 0.820. The molecule has 0 radical (unpaired) electrons. The number of hydrogen-bond acceptors (Lipinski definition) is 3. The van der Waals surface area contributed by atoms with E-state index >= 15 is 0 Å². The summed E-state index contributed by atoms with van der Waals surface area (Å²) in [6.07, 6.45) is 0. The van der Waals surface area contributed by atoms with Crippen LogP contribution in [0.15, 0.2) is 10.8 Å². The number of rotatable bonds is 1. The lowest BCUT2D eigenvalue weighted by atomic mass is 10.5. The summed E-state index contributed by atoms with van der Waals surface area (Å²) < 4.78 is 4.90. The number of fused-ring (bicyclic) bond motifs is 1. The Morgan fingerprint density at radius 3 is 3.20 bits per heavy atom. The van der Waals surface area contributed by atoms with Gasteiger partial charge in [0.15, 0.2) is 0 Å². The molecule has 0 saturated carbocycles. The molecule has 2 aromatic rings. The monoisotopic (exact) mass is 154 g/mol. The zero-order chi connectivity index (χ0) is 6.97. The first-order valence-electron chi connectivity index (χ1n) is 2.86. The van der Waals surface area contributed by atoms with Crippen molar-refractivity contribution < 1.29 is 4.74 Å². The SMILES string of the molecule is COc1nc2cscc2[nH]1. The molecule has 0 atom stereocenters. The van der Waals surface area contributed by atoms with Crippen LogP contribution in [0.4, 0.5) is 0 Å². The van der Waals surface area contributed by atoms with E-state index in [2.05, 4.69) is 9.97 Å². The van der Waals surface area contributed by atoms with Crippen LogP contribution in [0.3, 0.4) is 0 Å². The van der Waals surface area contributed by atoms with E-state index in [1.54, 1.807) is 18.4 Å². The van der Waals surface area contributed by atoms with E-state index in [1.165, 1.54) is 0 Å². The third kappa shape index (κ3) is 0.690. The Morgan fingerprint density at radius 2 is 2.50 bits per heavy atom. The lowest BCUT2D eigenvalue weighted by molar-refractivity contribution is 0.386. The quantitative estimate of drug-likeness (QED) is 0.678. The largest absolute Gasteiger partial charge is 0.468 e. The number of hydrogen-bond donors (Lipinski definition) is 1. The van der Waals surface area contributed by atoms with Crippen LogP contribution in [0.1, 0.15) is 0 Å². The standard InChI is InChI=1S/C6H6N2OS/c1-9-6-7-4-2-10-3-5(4)8-6/h2-3H,1H3,(H,7,8). The number of H-pyrrole nitrogens is 1. The molecule has 0 bridgehead atoms. The number of methoxy groups -OCH3 is 1. The number of aromatic amines is 1. The third-order valence-electron chi connectivity index (χ3n) is 1.30. The molecule has 10 heavy (non-hydrogen) atoms. The number of ether oxygens (including phenoxy) is 1. The number of aromatic nitrogens is 2. The van der Waals surface area contributed by atoms with Crippen molar-refractivity contribution >= 4 is 22.4 Å². The second-order valence-electron chi connectivity index (χ2n) is 1.92. The van der Waals surface area contributed by atoms with Crippen molar-refractivity contribution in [1.29, 1.82) is 0 Å². The van der Waals surface area contributed by atoms with Crippen molar-refractivity contribution in [3.8, 4) is 6.01 Å². The van der Waals surface area contributed by atoms with Crippen LogP contribution in [0.25, 0.3) is 11.0 Å². The number of imidazole rings is 1. The molecule has 3 nitrogen and oxygen atoms in total. The minimum atomic E-state index is 0.581. The smallest absolute Gasteiger partial charge is 0.294 e. The molecule has 0 saturated heterocycles. The number of nitrogens with one attached hydrogen (secondary N) is 1. The van der Waals surface area contributed by atoms with E-state index in [0.29, 0.717) is 6.01 Å². The molecule has 0 aliphatic carbocycles. The molecule has 1 N–H and O–H groups in total. The zero-order valence-corrected chi connectivity index (χ0v) is 6.23. The van der Waals surface area contributed by atoms with Gasteiger partial charge in [-0.25, -0.2) is 0 Å². The predicted molar refractivity (Wildman–Crippen MR) is 40.5 cm³/mol. The summed E-state index contributed by atoms with van der Waals surface area (Å²) in [6.45, 7) is 0. The fourth-order valence-corrected chi connectivity index (χ4v) is 1.51. The van der Waals surface area contributed by atoms with Gasteiger partial charge in [-0.3, -0.25) is 0 Å². The Kier molecular flexibility index (Phi) is 1.14. The maximum atomic E-state index is 4.90. The molecular weight excluding hydrogens is 148 g/mol. The van der Waals surface area contributed by atoms with Crippen LogP contribution in [-0.4, -0.2) is 17.1 Å². The van der Waals surface area contributed by atoms with Crippen LogP contribution in [0, 0.1) is 0 Å². The molecule has 0 aliphatic heterocycles. The van der Waals surface area contributed by atoms with Crippen LogP contribution in [-0.2, 0) is 0 Å². The first-order valence-corrected chi connectivity index (χ1v) is 3.80. The van der Waals surface area contributed by atoms with Crippen LogP contribution in [0.2, 0.25) is 0 Å². The van der Waals surface area contributed by atoms with Crippen molar-refractivity contribution in [2.75, 3.05) is 7.11 Å². The average molecular weight is 154 g/mol. The molecule has 0 spiro atoms. The molecule has 52 valence electrons. The minimum Gasteiger partial charge on any atom is -0.468 e. The highest BCUT2D eigenvalue weighted by molar-refractivity contribution is 7.09. The summed E-state index contributed by atoms with van der Waals surface area (Å²) >= 11 is 1.63. The van der Waals surface area contributed by atoms with Gasteiger partial charge in [0.25, 0.3) is 6.01 Å². The van der Waals surface area contributed by atoms with Crippen molar-refractivity contribution in [2.24, 2.45) is 0 Å². The van der Waals surface area contributed by atoms with Crippen molar-refractivity contribution in [3.05, 3.63) is 10.8 Å². The molecule has 4 heteroatoms. The van der Waals surface area contributed by atoms with Gasteiger partial charge in [-0.1, -0.05) is 0 Å². The average Bonchev–Trinajstić information content (AvgIpc) is 2.42. The van der Waals surface area contributed by atoms with Gasteiger partial charge in [0, 0.05) is 10.8 Å². The second-order valence-corrected chi connectivity index (χ2v) is 2.66. The summed E-state index contributed by atoms with van der Waals surface area (Å²) in [7, 11) is 1.60. The van der Waals surface area contributed by atoms with E-state index in [9.17, 15) is 0 Å². The molecule has 2 heterocycles. The lowest BCUT2D eigenvalue weighted by Crippen LogP contribution is -1.82. The van der Waals surface area contributed by atoms with Gasteiger partial charge in [0.1, 0.15) is 5.52 Å². The molecular formula is C6H6N2OS. The lowest BCUT2D eigenvalue weighted by Gasteiger charge is -1.86. The van der Waals surface area contributed by atoms with E-state index in [-0.39, 0.29) is 0 Å². The van der Waals surface area contributed by atoms with E-state index < -0.39 is 0 Å². The summed E-state index contributed by atoms with van der Waals surface area (Å²) in [5.74, 6) is 0. The van der Waals surface area contributed by atoms with Gasteiger partial charge in [0.05, 0.1) is 12.6 Å². The van der Waals surface area contributed by atoms with Gasteiger partial charge in [-0.15, -0.1) is 11.3 Å². The highest BCUT2D eigenvalue weighted by atomic mass is 32.1. The first-order chi connectivity index (χ1) is 4.90. The molecule has 0 unspecified atom stereocenters. The van der Waals surface area contributed by atoms with Crippen LogP contribution >= 0.6 is 11.3 Å². The van der Waals surface area contributed by atoms with Gasteiger partial charge in [-0.05, 0) is 0 Å². The van der Waals surface area contributed by atoms with E-state index in [1.807, 2.05) is 10.8 Å². The highest BCUT2D eigenvalue weighted by Gasteiger charge is 2.00. The normalized spacial score (nSPS) is 10.5. The maximum Gasteiger partial charge on any atom is 0.294 e. The van der Waals surface area contributed by atoms with Crippen molar-refractivity contribution in [2.45, 2.75) is 0 Å². The highest BCUT2D eigenvalue weighted by Crippen LogP contribution is 2.18. The Hall–Kier alpha value is -1.03. The Balaban J connectivity index is 2.67. The molecule has 0 aliphatic rings. The summed E-state index contributed by atoms with van der Waals surface area (Å²) in [6, 6.07) is 0.581. The van der Waals surface area contributed by atoms with E-state index in [0.717, 1.165) is 11.0 Å². The Morgan fingerprint density at radius 1 is 1.60 bits per heavy atom. The molecule has 2 rings (SSSR count). The fraction of sp³-hybridized carbons (Fsp3) is 0.167. The predicted octanol–water partition coefficient (Wildman–Crippen LogP) is 1.63. The van der Waals surface area contributed by atoms with Crippen molar-refractivity contribution in [3.63, 3.8) is 0 Å². The van der Waals surface area contributed by atoms with Gasteiger partial charge < -0.3 is 9.72 Å². The van der Waals surface area contributed by atoms with E-state index in [4.69, 9.17) is 4.74 Å². The third-order valence-corrected chi connectivity index (χ3v) is 2.03. The topological polar surface area (TPSA) is 37.9 Å². The molecule has 0 aromatic carbocycles. The van der Waals surface area contributed by atoms with Gasteiger partial charge in [0.2, 0.25) is 0 Å². The summed E-state index contributed by atoms with van der Waals surface area (Å²) in [4.78, 5) is 7.13. The zero-order valence-electron chi connectivity index (χ0n) is 5.42. The Labute approximate surface area is 61.7 Å². The van der Waals surface area contributed by atoms with Gasteiger partial charge >= 0.3 is 0 Å². The van der Waals surface area contributed by atoms with Crippen LogP contribution in [0.5, 0.6) is 6.01 Å². The number of nitrogens with zero attached hydrogens (tertiary/aromatic N) is 1. The Bertz CT molecular complexity index is 309. The maximum absolute atomic E-state index is 4.90. The summed E-state index contributed by atoms with van der Waals surface area (Å²) in [5.41, 5.74) is 2.02. The first kappa shape index (κ1) is 5.73.